The summed E-state index contributed by atoms with van der Waals surface area (Å²) in [7, 11) is 2.20. The maximum absolute atomic E-state index is 3.68. The zero-order chi connectivity index (χ0) is 11.5. The zero-order valence-corrected chi connectivity index (χ0v) is 12.1. The van der Waals surface area contributed by atoms with Crippen molar-refractivity contribution in [3.8, 4) is 0 Å². The van der Waals surface area contributed by atoms with Crippen LogP contribution in [0.3, 0.4) is 0 Å². The van der Waals surface area contributed by atoms with E-state index in [4.69, 9.17) is 0 Å². The highest BCUT2D eigenvalue weighted by Gasteiger charge is 2.16. The lowest BCUT2D eigenvalue weighted by Gasteiger charge is -2.30. The molecule has 1 heterocycles. The average Bonchev–Trinajstić information content (AvgIpc) is 2.28. The number of hydrogen-bond acceptors (Lipinski definition) is 2. The molecule has 0 unspecified atom stereocenters. The summed E-state index contributed by atoms with van der Waals surface area (Å²) >= 11 is 2.40. The third-order valence-electron chi connectivity index (χ3n) is 3.35. The van der Waals surface area contributed by atoms with Gasteiger partial charge in [0.05, 0.1) is 0 Å². The monoisotopic (exact) mass is 330 g/mol. The molecule has 0 amide bonds. The molecule has 0 bridgehead atoms. The predicted molar refractivity (Wildman–Crippen MR) is 78.0 cm³/mol. The van der Waals surface area contributed by atoms with Crippen molar-refractivity contribution < 1.29 is 0 Å². The molecule has 1 aliphatic rings. The Morgan fingerprint density at radius 3 is 2.69 bits per heavy atom. The van der Waals surface area contributed by atoms with Gasteiger partial charge in [0, 0.05) is 15.3 Å². The van der Waals surface area contributed by atoms with Gasteiger partial charge in [0.15, 0.2) is 0 Å². The number of rotatable bonds is 2. The second kappa shape index (κ2) is 5.36. The molecule has 1 saturated heterocycles. The highest BCUT2D eigenvalue weighted by Crippen LogP contribution is 2.23. The Morgan fingerprint density at radius 2 is 2.00 bits per heavy atom. The van der Waals surface area contributed by atoms with Crippen LogP contribution in [0.15, 0.2) is 18.2 Å². The van der Waals surface area contributed by atoms with Gasteiger partial charge in [0.1, 0.15) is 0 Å². The summed E-state index contributed by atoms with van der Waals surface area (Å²) in [6, 6.07) is 7.13. The van der Waals surface area contributed by atoms with Gasteiger partial charge in [-0.3, -0.25) is 0 Å². The third kappa shape index (κ3) is 2.88. The van der Waals surface area contributed by atoms with E-state index in [0.29, 0.717) is 6.04 Å². The Morgan fingerprint density at radius 1 is 1.31 bits per heavy atom. The zero-order valence-electron chi connectivity index (χ0n) is 9.96. The predicted octanol–water partition coefficient (Wildman–Crippen LogP) is 3.11. The van der Waals surface area contributed by atoms with Crippen molar-refractivity contribution in [2.24, 2.45) is 0 Å². The first-order valence-electron chi connectivity index (χ1n) is 5.87. The van der Waals surface area contributed by atoms with Crippen molar-refractivity contribution in [2.45, 2.75) is 25.8 Å². The van der Waals surface area contributed by atoms with E-state index in [-0.39, 0.29) is 0 Å². The van der Waals surface area contributed by atoms with Crippen LogP contribution in [0.5, 0.6) is 0 Å². The average molecular weight is 330 g/mol. The van der Waals surface area contributed by atoms with E-state index in [1.54, 1.807) is 0 Å². The second-order valence-corrected chi connectivity index (χ2v) is 5.80. The van der Waals surface area contributed by atoms with E-state index in [1.165, 1.54) is 40.8 Å². The first-order chi connectivity index (χ1) is 7.66. The molecule has 0 atom stereocenters. The lowest BCUT2D eigenvalue weighted by atomic mass is 10.0. The van der Waals surface area contributed by atoms with Gasteiger partial charge in [0.2, 0.25) is 0 Å². The summed E-state index contributed by atoms with van der Waals surface area (Å²) in [5, 5.41) is 3.68. The summed E-state index contributed by atoms with van der Waals surface area (Å²) in [5.41, 5.74) is 2.68. The summed E-state index contributed by atoms with van der Waals surface area (Å²) in [5.74, 6) is 0. The number of benzene rings is 1. The number of likely N-dealkylation sites (tertiary alicyclic amines) is 1. The minimum absolute atomic E-state index is 0.646. The van der Waals surface area contributed by atoms with E-state index in [1.807, 2.05) is 0 Å². The van der Waals surface area contributed by atoms with Crippen LogP contribution in [-0.2, 0) is 0 Å². The van der Waals surface area contributed by atoms with Gasteiger partial charge in [-0.1, -0.05) is 6.07 Å². The Hall–Kier alpha value is -0.290. The van der Waals surface area contributed by atoms with Crippen molar-refractivity contribution in [2.75, 3.05) is 25.5 Å². The van der Waals surface area contributed by atoms with Gasteiger partial charge in [-0.25, -0.2) is 0 Å². The minimum Gasteiger partial charge on any atom is -0.382 e. The van der Waals surface area contributed by atoms with Gasteiger partial charge in [-0.2, -0.15) is 0 Å². The number of piperidine rings is 1. The summed E-state index contributed by atoms with van der Waals surface area (Å²) in [6.45, 7) is 4.61. The molecule has 1 aliphatic heterocycles. The van der Waals surface area contributed by atoms with Crippen LogP contribution in [-0.4, -0.2) is 31.1 Å². The molecule has 88 valence electrons. The number of nitrogens with one attached hydrogen (secondary N) is 1. The van der Waals surface area contributed by atoms with Crippen molar-refractivity contribution in [1.82, 2.24) is 4.90 Å². The standard InChI is InChI=1S/C13H19IN2/c1-10-12(14)4-3-5-13(10)15-11-6-8-16(2)9-7-11/h3-5,11,15H,6-9H2,1-2H3. The maximum Gasteiger partial charge on any atom is 0.0382 e. The van der Waals surface area contributed by atoms with Crippen LogP contribution in [0.2, 0.25) is 0 Å². The van der Waals surface area contributed by atoms with Crippen molar-refractivity contribution in [3.05, 3.63) is 27.3 Å². The third-order valence-corrected chi connectivity index (χ3v) is 4.51. The van der Waals surface area contributed by atoms with Gasteiger partial charge in [-0.15, -0.1) is 0 Å². The number of hydrogen-bond donors (Lipinski definition) is 1. The van der Waals surface area contributed by atoms with Crippen LogP contribution in [0.25, 0.3) is 0 Å². The van der Waals surface area contributed by atoms with Crippen LogP contribution < -0.4 is 5.32 Å². The fourth-order valence-electron chi connectivity index (χ4n) is 2.14. The van der Waals surface area contributed by atoms with Crippen LogP contribution in [0, 0.1) is 10.5 Å². The maximum atomic E-state index is 3.68. The lowest BCUT2D eigenvalue weighted by molar-refractivity contribution is 0.264. The molecule has 0 aromatic heterocycles. The summed E-state index contributed by atoms with van der Waals surface area (Å²) < 4.78 is 1.34. The Bertz CT molecular complexity index is 357. The molecule has 0 spiro atoms. The Labute approximate surface area is 112 Å². The summed E-state index contributed by atoms with van der Waals surface area (Å²) in [4.78, 5) is 2.40. The molecule has 0 saturated carbocycles. The first-order valence-corrected chi connectivity index (χ1v) is 6.95. The van der Waals surface area contributed by atoms with Gasteiger partial charge < -0.3 is 10.2 Å². The van der Waals surface area contributed by atoms with Crippen LogP contribution in [0.4, 0.5) is 5.69 Å². The van der Waals surface area contributed by atoms with Gasteiger partial charge in [-0.05, 0) is 80.2 Å². The van der Waals surface area contributed by atoms with Crippen LogP contribution >= 0.6 is 22.6 Å². The fraction of sp³-hybridized carbons (Fsp3) is 0.538. The van der Waals surface area contributed by atoms with E-state index in [0.717, 1.165) is 0 Å². The number of halogens is 1. The molecule has 0 aliphatic carbocycles. The largest absolute Gasteiger partial charge is 0.382 e. The molecule has 1 N–H and O–H groups in total. The van der Waals surface area contributed by atoms with Gasteiger partial charge in [0.25, 0.3) is 0 Å². The van der Waals surface area contributed by atoms with E-state index in [9.17, 15) is 0 Å². The van der Waals surface area contributed by atoms with Crippen molar-refractivity contribution >= 4 is 28.3 Å². The SMILES string of the molecule is Cc1c(I)cccc1NC1CCN(C)CC1. The topological polar surface area (TPSA) is 15.3 Å². The molecule has 2 nitrogen and oxygen atoms in total. The first kappa shape index (κ1) is 12.2. The molecule has 1 aromatic rings. The van der Waals surface area contributed by atoms with E-state index >= 15 is 0 Å². The summed E-state index contributed by atoms with van der Waals surface area (Å²) in [6.07, 6.45) is 2.50. The highest BCUT2D eigenvalue weighted by atomic mass is 127. The number of anilines is 1. The smallest absolute Gasteiger partial charge is 0.0382 e. The molecule has 1 aromatic carbocycles. The van der Waals surface area contributed by atoms with E-state index < -0.39 is 0 Å². The molecular weight excluding hydrogens is 311 g/mol. The molecule has 3 heteroatoms. The van der Waals surface area contributed by atoms with Gasteiger partial charge >= 0.3 is 0 Å². The lowest BCUT2D eigenvalue weighted by Crippen LogP contribution is -2.36. The molecule has 1 fully saturated rings. The Balaban J connectivity index is 2.01. The fourth-order valence-corrected chi connectivity index (χ4v) is 2.63. The Kier molecular flexibility index (Phi) is 4.08. The normalized spacial score (nSPS) is 18.7. The molecular formula is C13H19IN2. The molecule has 2 rings (SSSR count). The van der Waals surface area contributed by atoms with E-state index in [2.05, 4.69) is 65.0 Å². The quantitative estimate of drug-likeness (QED) is 0.839. The second-order valence-electron chi connectivity index (χ2n) is 4.63. The molecule has 0 radical (unpaired) electrons. The van der Waals surface area contributed by atoms with Crippen molar-refractivity contribution in [3.63, 3.8) is 0 Å². The number of nitrogens with zero attached hydrogens (tertiary/aromatic N) is 1. The van der Waals surface area contributed by atoms with Crippen molar-refractivity contribution in [1.29, 1.82) is 0 Å². The minimum atomic E-state index is 0.646. The molecule has 16 heavy (non-hydrogen) atoms. The van der Waals surface area contributed by atoms with Crippen LogP contribution in [0.1, 0.15) is 18.4 Å². The highest BCUT2D eigenvalue weighted by molar-refractivity contribution is 14.1.